The number of ether oxygens (including phenoxy) is 1. The number of pyridine rings is 2. The average Bonchev–Trinajstić information content (AvgIpc) is 2.68. The maximum atomic E-state index is 12.4. The molecule has 1 aliphatic rings. The predicted octanol–water partition coefficient (Wildman–Crippen LogP) is 0.154. The second-order valence-corrected chi connectivity index (χ2v) is 8.89. The van der Waals surface area contributed by atoms with Gasteiger partial charge in [0.05, 0.1) is 29.3 Å². The van der Waals surface area contributed by atoms with Crippen molar-refractivity contribution in [2.45, 2.75) is 19.6 Å². The SMILES string of the molecule is CCOC(=O)c1cc(C#N)c(N2CC(C(=O)NS(=O)(=O)Cc3cccc[n+]3[O-])C2)nc1C. The first kappa shape index (κ1) is 23.0. The molecular formula is C20H21N5O6S. The number of aromatic nitrogens is 2. The number of anilines is 1. The summed E-state index contributed by atoms with van der Waals surface area (Å²) in [5, 5.41) is 21.1. The van der Waals surface area contributed by atoms with Gasteiger partial charge in [-0.1, -0.05) is 0 Å². The molecule has 0 bridgehead atoms. The fourth-order valence-corrected chi connectivity index (χ4v) is 4.35. The summed E-state index contributed by atoms with van der Waals surface area (Å²) in [6.45, 7) is 3.76. The largest absolute Gasteiger partial charge is 0.618 e. The molecule has 0 radical (unpaired) electrons. The molecule has 168 valence electrons. The zero-order chi connectivity index (χ0) is 23.5. The van der Waals surface area contributed by atoms with Crippen LogP contribution in [0.4, 0.5) is 5.82 Å². The molecule has 2 aromatic heterocycles. The summed E-state index contributed by atoms with van der Waals surface area (Å²) in [5.74, 6) is -2.24. The van der Waals surface area contributed by atoms with Crippen molar-refractivity contribution in [2.24, 2.45) is 5.92 Å². The number of hydrogen-bond donors (Lipinski definition) is 1. The number of hydrogen-bond acceptors (Lipinski definition) is 9. The number of esters is 1. The lowest BCUT2D eigenvalue weighted by molar-refractivity contribution is -0.612. The molecule has 0 spiro atoms. The Bertz CT molecular complexity index is 1200. The minimum atomic E-state index is -4.06. The zero-order valence-corrected chi connectivity index (χ0v) is 18.3. The molecule has 12 heteroatoms. The molecule has 0 unspecified atom stereocenters. The third-order valence-corrected chi connectivity index (χ3v) is 6.05. The van der Waals surface area contributed by atoms with Crippen LogP contribution in [0, 0.1) is 29.4 Å². The van der Waals surface area contributed by atoms with Gasteiger partial charge in [-0.2, -0.15) is 9.99 Å². The maximum absolute atomic E-state index is 12.4. The molecule has 1 N–H and O–H groups in total. The van der Waals surface area contributed by atoms with Crippen molar-refractivity contribution in [1.29, 1.82) is 5.26 Å². The van der Waals surface area contributed by atoms with Crippen molar-refractivity contribution in [3.05, 3.63) is 58.2 Å². The second-order valence-electron chi connectivity index (χ2n) is 7.17. The molecule has 3 heterocycles. The lowest BCUT2D eigenvalue weighted by atomic mass is 9.98. The van der Waals surface area contributed by atoms with Crippen LogP contribution in [0.2, 0.25) is 0 Å². The highest BCUT2D eigenvalue weighted by molar-refractivity contribution is 7.89. The Morgan fingerprint density at radius 1 is 1.41 bits per heavy atom. The fourth-order valence-electron chi connectivity index (χ4n) is 3.19. The summed E-state index contributed by atoms with van der Waals surface area (Å²) in [4.78, 5) is 30.4. The molecule has 32 heavy (non-hydrogen) atoms. The minimum Gasteiger partial charge on any atom is -0.618 e. The van der Waals surface area contributed by atoms with Gasteiger partial charge in [-0.25, -0.2) is 18.2 Å². The first-order valence-electron chi connectivity index (χ1n) is 9.70. The quantitative estimate of drug-likeness (QED) is 0.346. The Morgan fingerprint density at radius 3 is 2.75 bits per heavy atom. The molecular weight excluding hydrogens is 438 g/mol. The van der Waals surface area contributed by atoms with E-state index in [0.717, 1.165) is 0 Å². The number of rotatable bonds is 7. The van der Waals surface area contributed by atoms with E-state index in [9.17, 15) is 28.5 Å². The van der Waals surface area contributed by atoms with Crippen LogP contribution in [0.25, 0.3) is 0 Å². The van der Waals surface area contributed by atoms with Crippen molar-refractivity contribution >= 4 is 27.7 Å². The van der Waals surface area contributed by atoms with Gasteiger partial charge in [0, 0.05) is 25.2 Å². The molecule has 1 amide bonds. The van der Waals surface area contributed by atoms with Gasteiger partial charge in [0.25, 0.3) is 0 Å². The molecule has 1 fully saturated rings. The Morgan fingerprint density at radius 2 is 2.12 bits per heavy atom. The Labute approximate surface area is 184 Å². The predicted molar refractivity (Wildman–Crippen MR) is 112 cm³/mol. The maximum Gasteiger partial charge on any atom is 0.340 e. The molecule has 0 saturated carbocycles. The van der Waals surface area contributed by atoms with Crippen molar-refractivity contribution in [1.82, 2.24) is 9.71 Å². The number of sulfonamides is 1. The van der Waals surface area contributed by atoms with Gasteiger partial charge < -0.3 is 14.8 Å². The smallest absolute Gasteiger partial charge is 0.340 e. The number of nitrogens with zero attached hydrogens (tertiary/aromatic N) is 4. The summed E-state index contributed by atoms with van der Waals surface area (Å²) < 4.78 is 31.9. The van der Waals surface area contributed by atoms with Gasteiger partial charge in [-0.05, 0) is 26.0 Å². The van der Waals surface area contributed by atoms with Gasteiger partial charge in [0.2, 0.25) is 21.6 Å². The number of aryl methyl sites for hydroxylation is 1. The van der Waals surface area contributed by atoms with E-state index >= 15 is 0 Å². The highest BCUT2D eigenvalue weighted by Crippen LogP contribution is 2.28. The van der Waals surface area contributed by atoms with Crippen LogP contribution in [-0.2, 0) is 25.3 Å². The normalized spacial score (nSPS) is 13.7. The van der Waals surface area contributed by atoms with E-state index in [-0.39, 0.29) is 36.5 Å². The van der Waals surface area contributed by atoms with Crippen molar-refractivity contribution in [3.63, 3.8) is 0 Å². The molecule has 2 aromatic rings. The lowest BCUT2D eigenvalue weighted by Crippen LogP contribution is -2.55. The highest BCUT2D eigenvalue weighted by atomic mass is 32.2. The number of amides is 1. The van der Waals surface area contributed by atoms with Crippen LogP contribution in [0.3, 0.4) is 0 Å². The molecule has 0 aromatic carbocycles. The van der Waals surface area contributed by atoms with E-state index in [4.69, 9.17) is 4.74 Å². The van der Waals surface area contributed by atoms with Gasteiger partial charge in [0.1, 0.15) is 11.9 Å². The van der Waals surface area contributed by atoms with Crippen LogP contribution >= 0.6 is 0 Å². The van der Waals surface area contributed by atoms with Gasteiger partial charge in [-0.3, -0.25) is 9.52 Å². The van der Waals surface area contributed by atoms with E-state index < -0.39 is 33.6 Å². The van der Waals surface area contributed by atoms with E-state index in [1.54, 1.807) is 18.7 Å². The van der Waals surface area contributed by atoms with E-state index in [0.29, 0.717) is 16.2 Å². The third kappa shape index (κ3) is 4.94. The summed E-state index contributed by atoms with van der Waals surface area (Å²) in [6, 6.07) is 7.73. The summed E-state index contributed by atoms with van der Waals surface area (Å²) in [5.41, 5.74) is 0.698. The van der Waals surface area contributed by atoms with Crippen LogP contribution in [0.1, 0.15) is 34.2 Å². The lowest BCUT2D eigenvalue weighted by Gasteiger charge is -2.39. The van der Waals surface area contributed by atoms with Crippen molar-refractivity contribution in [3.8, 4) is 6.07 Å². The number of carbonyl (C=O) groups excluding carboxylic acids is 2. The monoisotopic (exact) mass is 459 g/mol. The molecule has 1 aliphatic heterocycles. The molecule has 11 nitrogen and oxygen atoms in total. The molecule has 3 rings (SSSR count). The average molecular weight is 459 g/mol. The highest BCUT2D eigenvalue weighted by Gasteiger charge is 2.37. The zero-order valence-electron chi connectivity index (χ0n) is 17.4. The van der Waals surface area contributed by atoms with Crippen molar-refractivity contribution < 1.29 is 27.5 Å². The van der Waals surface area contributed by atoms with Gasteiger partial charge in [-0.15, -0.1) is 0 Å². The number of nitrogens with one attached hydrogen (secondary N) is 1. The van der Waals surface area contributed by atoms with Crippen molar-refractivity contribution in [2.75, 3.05) is 24.6 Å². The first-order chi connectivity index (χ1) is 15.1. The summed E-state index contributed by atoms with van der Waals surface area (Å²) >= 11 is 0. The number of nitriles is 1. The van der Waals surface area contributed by atoms with Crippen LogP contribution in [0.5, 0.6) is 0 Å². The Balaban J connectivity index is 1.66. The Hall–Kier alpha value is -3.72. The molecule has 0 atom stereocenters. The van der Waals surface area contributed by atoms with Crippen LogP contribution in [0.15, 0.2) is 30.5 Å². The van der Waals surface area contributed by atoms with Gasteiger partial charge >= 0.3 is 5.97 Å². The summed E-state index contributed by atoms with van der Waals surface area (Å²) in [6.07, 6.45) is 1.17. The van der Waals surface area contributed by atoms with Gasteiger partial charge in [0.15, 0.2) is 11.9 Å². The fraction of sp³-hybridized carbons (Fsp3) is 0.350. The number of carbonyl (C=O) groups is 2. The van der Waals surface area contributed by atoms with E-state index in [2.05, 4.69) is 4.98 Å². The van der Waals surface area contributed by atoms with Crippen LogP contribution in [-0.4, -0.2) is 45.0 Å². The van der Waals surface area contributed by atoms with E-state index in [1.165, 1.54) is 30.5 Å². The minimum absolute atomic E-state index is 0.0111. The van der Waals surface area contributed by atoms with E-state index in [1.807, 2.05) is 10.8 Å². The second kappa shape index (κ2) is 9.19. The topological polar surface area (TPSA) is 156 Å². The molecule has 0 aliphatic carbocycles. The summed E-state index contributed by atoms with van der Waals surface area (Å²) in [7, 11) is -4.06. The third-order valence-electron chi connectivity index (χ3n) is 4.86. The first-order valence-corrected chi connectivity index (χ1v) is 11.4. The Kier molecular flexibility index (Phi) is 6.59. The van der Waals surface area contributed by atoms with Crippen LogP contribution < -0.4 is 14.4 Å². The standard InChI is InChI=1S/C20H21N5O6S/c1-3-31-20(27)17-8-14(9-21)18(22-13(17)2)24-10-15(11-24)19(26)23-32(29,30)12-16-6-4-5-7-25(16)28/h4-8,15H,3,10-12H2,1-2H3,(H,23,26). The molecule has 1 saturated heterocycles.